The maximum Gasteiger partial charge on any atom is 0.309 e. The molecule has 1 aliphatic rings. The molecule has 4 atom stereocenters. The lowest BCUT2D eigenvalue weighted by atomic mass is 9.92. The van der Waals surface area contributed by atoms with Crippen LogP contribution in [0.4, 0.5) is 0 Å². The van der Waals surface area contributed by atoms with Gasteiger partial charge in [0, 0.05) is 38.8 Å². The van der Waals surface area contributed by atoms with E-state index in [0.29, 0.717) is 31.5 Å². The summed E-state index contributed by atoms with van der Waals surface area (Å²) in [5, 5.41) is 0. The number of ether oxygens (including phenoxy) is 6. The molecule has 1 aliphatic heterocycles. The van der Waals surface area contributed by atoms with Crippen LogP contribution < -0.4 is 9.47 Å². The van der Waals surface area contributed by atoms with Crippen LogP contribution in [0.2, 0.25) is 0 Å². The van der Waals surface area contributed by atoms with E-state index in [4.69, 9.17) is 28.4 Å². The van der Waals surface area contributed by atoms with Crippen molar-refractivity contribution in [2.45, 2.75) is 92.0 Å². The van der Waals surface area contributed by atoms with Crippen LogP contribution in [0.25, 0.3) is 0 Å². The molecule has 1 aromatic rings. The van der Waals surface area contributed by atoms with E-state index < -0.39 is 42.6 Å². The topological polar surface area (TPSA) is 119 Å². The van der Waals surface area contributed by atoms with Gasteiger partial charge < -0.3 is 28.4 Å². The van der Waals surface area contributed by atoms with E-state index in [1.165, 1.54) is 26.3 Å². The van der Waals surface area contributed by atoms with E-state index in [1.807, 2.05) is 6.92 Å². The molecule has 0 unspecified atom stereocenters. The van der Waals surface area contributed by atoms with Gasteiger partial charge in [0.1, 0.15) is 12.2 Å². The first-order valence-electron chi connectivity index (χ1n) is 13.8. The highest BCUT2D eigenvalue weighted by atomic mass is 16.7. The minimum atomic E-state index is -0.659. The first kappa shape index (κ1) is 32.5. The van der Waals surface area contributed by atoms with Crippen molar-refractivity contribution in [2.75, 3.05) is 27.1 Å². The van der Waals surface area contributed by atoms with Gasteiger partial charge in [-0.15, -0.1) is 0 Å². The Morgan fingerprint density at radius 3 is 2.38 bits per heavy atom. The Labute approximate surface area is 232 Å². The predicted molar refractivity (Wildman–Crippen MR) is 144 cm³/mol. The summed E-state index contributed by atoms with van der Waals surface area (Å²) >= 11 is 0. The summed E-state index contributed by atoms with van der Waals surface area (Å²) in [6.07, 6.45) is 2.96. The highest BCUT2D eigenvalue weighted by molar-refractivity contribution is 5.99. The summed E-state index contributed by atoms with van der Waals surface area (Å²) in [6, 6.07) is 1.54. The Bertz CT molecular complexity index is 933. The average molecular weight is 552 g/mol. The largest absolute Gasteiger partial charge is 0.493 e. The molecule has 1 saturated heterocycles. The third-order valence-corrected chi connectivity index (χ3v) is 6.27. The standard InChI is InChI=1S/C29H45NO9/c1-18(2)15-35-25-11-9-8-10-22(29(33)39-20(5)27(25)36-16-19(3)4)14-23(32)26-28(38-17-37-21(6)31)24(34-7)12-13-30-26/h12-13,18-20,22,25,27H,8-11,14-17H2,1-7H3/t20-,22+,25-,27-/m0/s1. The monoisotopic (exact) mass is 551 g/mol. The molecule has 220 valence electrons. The zero-order valence-electron chi connectivity index (χ0n) is 24.4. The first-order chi connectivity index (χ1) is 18.5. The minimum absolute atomic E-state index is 0.000243. The highest BCUT2D eigenvalue weighted by Gasteiger charge is 2.35. The zero-order valence-corrected chi connectivity index (χ0v) is 24.4. The summed E-state index contributed by atoms with van der Waals surface area (Å²) in [5.41, 5.74) is -0.000243. The van der Waals surface area contributed by atoms with Gasteiger partial charge in [-0.3, -0.25) is 14.4 Å². The van der Waals surface area contributed by atoms with Crippen molar-refractivity contribution in [3.63, 3.8) is 0 Å². The van der Waals surface area contributed by atoms with Crippen molar-refractivity contribution in [1.29, 1.82) is 0 Å². The van der Waals surface area contributed by atoms with Gasteiger partial charge in [-0.05, 0) is 31.6 Å². The second kappa shape index (κ2) is 16.4. The highest BCUT2D eigenvalue weighted by Crippen LogP contribution is 2.32. The number of ketones is 1. The molecule has 1 aromatic heterocycles. The number of rotatable bonds is 13. The van der Waals surface area contributed by atoms with Crippen molar-refractivity contribution in [3.05, 3.63) is 18.0 Å². The van der Waals surface area contributed by atoms with Crippen molar-refractivity contribution in [3.8, 4) is 11.5 Å². The molecule has 0 amide bonds. The van der Waals surface area contributed by atoms with Gasteiger partial charge in [0.2, 0.25) is 6.79 Å². The summed E-state index contributed by atoms with van der Waals surface area (Å²) in [7, 11) is 1.43. The smallest absolute Gasteiger partial charge is 0.309 e. The summed E-state index contributed by atoms with van der Waals surface area (Å²) < 4.78 is 34.0. The molecule has 39 heavy (non-hydrogen) atoms. The molecule has 0 spiro atoms. The third-order valence-electron chi connectivity index (χ3n) is 6.27. The lowest BCUT2D eigenvalue weighted by molar-refractivity contribution is -0.175. The van der Waals surface area contributed by atoms with Crippen molar-refractivity contribution < 1.29 is 42.8 Å². The van der Waals surface area contributed by atoms with Gasteiger partial charge in [-0.25, -0.2) is 4.98 Å². The fourth-order valence-electron chi connectivity index (χ4n) is 4.31. The number of Topliss-reactive ketones (excluding diaryl/α,β-unsaturated/α-hetero) is 1. The number of nitrogens with zero attached hydrogens (tertiary/aromatic N) is 1. The Morgan fingerprint density at radius 2 is 1.74 bits per heavy atom. The van der Waals surface area contributed by atoms with Crippen LogP contribution in [-0.2, 0) is 28.5 Å². The lowest BCUT2D eigenvalue weighted by Gasteiger charge is -2.34. The molecule has 0 bridgehead atoms. The molecule has 10 heteroatoms. The normalized spacial score (nSPS) is 22.3. The van der Waals surface area contributed by atoms with E-state index in [-0.39, 0.29) is 29.7 Å². The number of esters is 2. The Balaban J connectivity index is 2.20. The summed E-state index contributed by atoms with van der Waals surface area (Å²) in [4.78, 5) is 42.0. The maximum atomic E-state index is 13.4. The first-order valence-corrected chi connectivity index (χ1v) is 13.8. The van der Waals surface area contributed by atoms with Crippen LogP contribution in [-0.4, -0.2) is 68.1 Å². The molecule has 0 N–H and O–H groups in total. The van der Waals surface area contributed by atoms with Crippen molar-refractivity contribution in [2.24, 2.45) is 17.8 Å². The van der Waals surface area contributed by atoms with Crippen molar-refractivity contribution in [1.82, 2.24) is 4.98 Å². The quantitative estimate of drug-likeness (QED) is 0.193. The lowest BCUT2D eigenvalue weighted by Crippen LogP contribution is -2.44. The van der Waals surface area contributed by atoms with Gasteiger partial charge in [0.25, 0.3) is 0 Å². The van der Waals surface area contributed by atoms with Crippen LogP contribution in [0.3, 0.4) is 0 Å². The second-order valence-corrected chi connectivity index (χ2v) is 10.8. The molecule has 0 radical (unpaired) electrons. The number of cyclic esters (lactones) is 1. The van der Waals surface area contributed by atoms with E-state index in [9.17, 15) is 14.4 Å². The fraction of sp³-hybridized carbons (Fsp3) is 0.724. The Kier molecular flexibility index (Phi) is 13.7. The number of carbonyl (C=O) groups is 3. The Hall–Kier alpha value is -2.72. The van der Waals surface area contributed by atoms with E-state index in [1.54, 1.807) is 0 Å². The molecule has 0 aromatic carbocycles. The summed E-state index contributed by atoms with van der Waals surface area (Å²) in [6.45, 7) is 12.1. The van der Waals surface area contributed by atoms with Gasteiger partial charge in [-0.1, -0.05) is 40.5 Å². The van der Waals surface area contributed by atoms with Gasteiger partial charge >= 0.3 is 11.9 Å². The van der Waals surface area contributed by atoms with Crippen molar-refractivity contribution >= 4 is 17.7 Å². The number of pyridine rings is 1. The number of hydrogen-bond donors (Lipinski definition) is 0. The van der Waals surface area contributed by atoms with Crippen LogP contribution in [0.1, 0.15) is 84.1 Å². The molecule has 10 nitrogen and oxygen atoms in total. The predicted octanol–water partition coefficient (Wildman–Crippen LogP) is 4.77. The maximum absolute atomic E-state index is 13.4. The molecular weight excluding hydrogens is 506 g/mol. The number of methoxy groups -OCH3 is 1. The molecule has 1 fully saturated rings. The molecule has 0 saturated carbocycles. The second-order valence-electron chi connectivity index (χ2n) is 10.8. The van der Waals surface area contributed by atoms with E-state index in [2.05, 4.69) is 32.7 Å². The minimum Gasteiger partial charge on any atom is -0.493 e. The molecule has 2 rings (SSSR count). The van der Waals surface area contributed by atoms with E-state index in [0.717, 1.165) is 19.3 Å². The van der Waals surface area contributed by atoms with E-state index >= 15 is 0 Å². The van der Waals surface area contributed by atoms with Gasteiger partial charge in [0.15, 0.2) is 23.0 Å². The SMILES string of the molecule is COc1ccnc(C(=O)C[C@H]2CCCC[C@H](OCC(C)C)[C@@H](OCC(C)C)[C@H](C)OC2=O)c1OCOC(C)=O. The fourth-order valence-corrected chi connectivity index (χ4v) is 4.31. The molecular formula is C29H45NO9. The zero-order chi connectivity index (χ0) is 28.9. The molecule has 0 aliphatic carbocycles. The number of hydrogen-bond acceptors (Lipinski definition) is 10. The van der Waals surface area contributed by atoms with Crippen LogP contribution in [0.5, 0.6) is 11.5 Å². The summed E-state index contributed by atoms with van der Waals surface area (Å²) in [5.74, 6) is -1.04. The van der Waals surface area contributed by atoms with Gasteiger partial charge in [0.05, 0.1) is 19.1 Å². The number of carbonyl (C=O) groups excluding carboxylic acids is 3. The Morgan fingerprint density at radius 1 is 1.08 bits per heavy atom. The van der Waals surface area contributed by atoms with Gasteiger partial charge in [-0.2, -0.15) is 0 Å². The van der Waals surface area contributed by atoms with Crippen LogP contribution >= 0.6 is 0 Å². The average Bonchev–Trinajstić information content (AvgIpc) is 2.87. The van der Waals surface area contributed by atoms with Crippen LogP contribution in [0.15, 0.2) is 12.3 Å². The number of aromatic nitrogens is 1. The molecule has 2 heterocycles. The van der Waals surface area contributed by atoms with Crippen LogP contribution in [0, 0.1) is 17.8 Å². The third kappa shape index (κ3) is 10.8.